The molecule has 138 valence electrons. The molecule has 0 unspecified atom stereocenters. The number of nitrogens with one attached hydrogen (secondary N) is 2. The second-order valence-electron chi connectivity index (χ2n) is 6.15. The van der Waals surface area contributed by atoms with Crippen LogP contribution in [0.15, 0.2) is 41.3 Å². The molecule has 4 nitrogen and oxygen atoms in total. The molecular formula is C20H23ClN2O2S. The van der Waals surface area contributed by atoms with Crippen molar-refractivity contribution in [3.63, 3.8) is 0 Å². The highest BCUT2D eigenvalue weighted by Gasteiger charge is 2.10. The number of hydrogen-bond donors (Lipinski definition) is 2. The molecule has 2 rings (SSSR count). The summed E-state index contributed by atoms with van der Waals surface area (Å²) in [5.74, 6) is 0.281. The maximum absolute atomic E-state index is 12.1. The summed E-state index contributed by atoms with van der Waals surface area (Å²) in [6.45, 7) is 5.91. The molecule has 2 amide bonds. The van der Waals surface area contributed by atoms with Crippen LogP contribution in [0.1, 0.15) is 23.1 Å². The van der Waals surface area contributed by atoms with E-state index in [9.17, 15) is 9.59 Å². The van der Waals surface area contributed by atoms with Crippen molar-refractivity contribution < 1.29 is 9.59 Å². The molecule has 6 heteroatoms. The van der Waals surface area contributed by atoms with Gasteiger partial charge in [0.2, 0.25) is 11.8 Å². The Morgan fingerprint density at radius 3 is 2.23 bits per heavy atom. The lowest BCUT2D eigenvalue weighted by molar-refractivity contribution is -0.123. The number of thioether (sulfide) groups is 1. The minimum Gasteiger partial charge on any atom is -0.347 e. The van der Waals surface area contributed by atoms with Gasteiger partial charge in [-0.15, -0.1) is 11.8 Å². The lowest BCUT2D eigenvalue weighted by Gasteiger charge is -2.13. The van der Waals surface area contributed by atoms with Gasteiger partial charge in [-0.3, -0.25) is 9.59 Å². The molecule has 0 fully saturated rings. The zero-order valence-corrected chi connectivity index (χ0v) is 16.8. The van der Waals surface area contributed by atoms with Crippen molar-refractivity contribution in [3.05, 3.63) is 58.1 Å². The number of rotatable bonds is 7. The van der Waals surface area contributed by atoms with Crippen LogP contribution in [-0.4, -0.2) is 24.1 Å². The molecule has 0 atom stereocenters. The predicted molar refractivity (Wildman–Crippen MR) is 109 cm³/mol. The van der Waals surface area contributed by atoms with E-state index in [1.807, 2.05) is 57.2 Å². The lowest BCUT2D eigenvalue weighted by atomic mass is 10.1. The Morgan fingerprint density at radius 2 is 1.62 bits per heavy atom. The summed E-state index contributed by atoms with van der Waals surface area (Å²) in [6.07, 6.45) is 0.350. The summed E-state index contributed by atoms with van der Waals surface area (Å²) in [4.78, 5) is 25.0. The third kappa shape index (κ3) is 6.39. The summed E-state index contributed by atoms with van der Waals surface area (Å²) in [5, 5.41) is 6.23. The molecule has 2 aromatic carbocycles. The minimum atomic E-state index is -0.223. The van der Waals surface area contributed by atoms with E-state index in [0.29, 0.717) is 17.2 Å². The Kier molecular flexibility index (Phi) is 7.54. The number of carbonyl (C=O) groups is 2. The molecular weight excluding hydrogens is 368 g/mol. The highest BCUT2D eigenvalue weighted by molar-refractivity contribution is 7.99. The number of halogens is 1. The van der Waals surface area contributed by atoms with Crippen LogP contribution in [0.2, 0.25) is 5.02 Å². The van der Waals surface area contributed by atoms with Crippen LogP contribution in [0.25, 0.3) is 0 Å². The van der Waals surface area contributed by atoms with E-state index in [1.54, 1.807) is 11.8 Å². The van der Waals surface area contributed by atoms with E-state index in [1.165, 1.54) is 0 Å². The Bertz CT molecular complexity index is 768. The summed E-state index contributed by atoms with van der Waals surface area (Å²) >= 11 is 7.42. The summed E-state index contributed by atoms with van der Waals surface area (Å²) in [7, 11) is 0. The Balaban J connectivity index is 1.73. The smallest absolute Gasteiger partial charge is 0.243 e. The third-order valence-corrected chi connectivity index (χ3v) is 5.06. The van der Waals surface area contributed by atoms with Gasteiger partial charge in [0.15, 0.2) is 0 Å². The topological polar surface area (TPSA) is 58.2 Å². The highest BCUT2D eigenvalue weighted by atomic mass is 35.5. The van der Waals surface area contributed by atoms with E-state index < -0.39 is 0 Å². The molecule has 0 aliphatic carbocycles. The molecule has 0 radical (unpaired) electrons. The van der Waals surface area contributed by atoms with Crippen molar-refractivity contribution in [1.82, 2.24) is 5.32 Å². The summed E-state index contributed by atoms with van der Waals surface area (Å²) in [6, 6.07) is 11.5. The number of amides is 2. The largest absolute Gasteiger partial charge is 0.347 e. The normalized spacial score (nSPS) is 10.5. The van der Waals surface area contributed by atoms with Gasteiger partial charge in [-0.2, -0.15) is 0 Å². The zero-order chi connectivity index (χ0) is 19.1. The van der Waals surface area contributed by atoms with Crippen molar-refractivity contribution in [2.24, 2.45) is 0 Å². The van der Waals surface area contributed by atoms with Crippen molar-refractivity contribution in [1.29, 1.82) is 0 Å². The molecule has 0 bridgehead atoms. The molecule has 0 aliphatic rings. The molecule has 0 aromatic heterocycles. The second kappa shape index (κ2) is 9.64. The Hall–Kier alpha value is -1.98. The van der Waals surface area contributed by atoms with Gasteiger partial charge in [0.1, 0.15) is 0 Å². The van der Waals surface area contributed by atoms with Gasteiger partial charge in [-0.25, -0.2) is 0 Å². The first-order chi connectivity index (χ1) is 12.3. The van der Waals surface area contributed by atoms with E-state index in [4.69, 9.17) is 11.6 Å². The van der Waals surface area contributed by atoms with Gasteiger partial charge in [-0.05, 0) is 56.2 Å². The SMILES string of the molecule is Cc1cc(C)c(NC(=O)CNC(=O)CCSc2ccc(Cl)cc2)c(C)c1. The molecule has 0 aliphatic heterocycles. The average Bonchev–Trinajstić information content (AvgIpc) is 2.58. The number of carbonyl (C=O) groups excluding carboxylic acids is 2. The molecule has 0 saturated heterocycles. The lowest BCUT2D eigenvalue weighted by Crippen LogP contribution is -2.33. The molecule has 0 spiro atoms. The van der Waals surface area contributed by atoms with Crippen LogP contribution in [0.3, 0.4) is 0 Å². The summed E-state index contributed by atoms with van der Waals surface area (Å²) < 4.78 is 0. The molecule has 0 saturated carbocycles. The Morgan fingerprint density at radius 1 is 1.00 bits per heavy atom. The van der Waals surface area contributed by atoms with Gasteiger partial charge >= 0.3 is 0 Å². The molecule has 2 aromatic rings. The summed E-state index contributed by atoms with van der Waals surface area (Å²) in [5.41, 5.74) is 4.00. The van der Waals surface area contributed by atoms with Gasteiger partial charge < -0.3 is 10.6 Å². The van der Waals surface area contributed by atoms with Gasteiger partial charge in [-0.1, -0.05) is 29.3 Å². The van der Waals surface area contributed by atoms with Crippen molar-refractivity contribution >= 4 is 40.9 Å². The monoisotopic (exact) mass is 390 g/mol. The van der Waals surface area contributed by atoms with E-state index >= 15 is 0 Å². The number of hydrogen-bond acceptors (Lipinski definition) is 3. The van der Waals surface area contributed by atoms with E-state index in [0.717, 1.165) is 27.3 Å². The first-order valence-corrected chi connectivity index (χ1v) is 9.74. The molecule has 0 heterocycles. The number of anilines is 1. The van der Waals surface area contributed by atoms with Crippen LogP contribution in [0, 0.1) is 20.8 Å². The minimum absolute atomic E-state index is 0.0306. The maximum atomic E-state index is 12.1. The predicted octanol–water partition coefficient (Wildman–Crippen LogP) is 4.50. The van der Waals surface area contributed by atoms with Gasteiger partial charge in [0, 0.05) is 27.8 Å². The van der Waals surface area contributed by atoms with Crippen molar-refractivity contribution in [2.75, 3.05) is 17.6 Å². The fourth-order valence-electron chi connectivity index (χ4n) is 2.62. The van der Waals surface area contributed by atoms with Gasteiger partial charge in [0.25, 0.3) is 0 Å². The van der Waals surface area contributed by atoms with Gasteiger partial charge in [0.05, 0.1) is 6.54 Å². The third-order valence-electron chi connectivity index (χ3n) is 3.80. The zero-order valence-electron chi connectivity index (χ0n) is 15.2. The van der Waals surface area contributed by atoms with Crippen molar-refractivity contribution in [3.8, 4) is 0 Å². The fourth-order valence-corrected chi connectivity index (χ4v) is 3.60. The highest BCUT2D eigenvalue weighted by Crippen LogP contribution is 2.22. The van der Waals surface area contributed by atoms with Crippen LogP contribution < -0.4 is 10.6 Å². The standard InChI is InChI=1S/C20H23ClN2O2S/c1-13-10-14(2)20(15(3)11-13)23-19(25)12-22-18(24)8-9-26-17-6-4-16(21)5-7-17/h4-7,10-11H,8-9,12H2,1-3H3,(H,22,24)(H,23,25). The quantitative estimate of drug-likeness (QED) is 0.684. The molecule has 2 N–H and O–H groups in total. The second-order valence-corrected chi connectivity index (χ2v) is 7.76. The first-order valence-electron chi connectivity index (χ1n) is 8.38. The van der Waals surface area contributed by atoms with E-state index in [-0.39, 0.29) is 18.4 Å². The van der Waals surface area contributed by atoms with Crippen LogP contribution in [-0.2, 0) is 9.59 Å². The average molecular weight is 391 g/mol. The van der Waals surface area contributed by atoms with Crippen LogP contribution in [0.5, 0.6) is 0 Å². The first kappa shape index (κ1) is 20.3. The molecule has 26 heavy (non-hydrogen) atoms. The number of aryl methyl sites for hydroxylation is 3. The Labute approximate surface area is 163 Å². The van der Waals surface area contributed by atoms with Crippen LogP contribution >= 0.6 is 23.4 Å². The van der Waals surface area contributed by atoms with Crippen LogP contribution in [0.4, 0.5) is 5.69 Å². The maximum Gasteiger partial charge on any atom is 0.243 e. The number of benzene rings is 2. The fraction of sp³-hybridized carbons (Fsp3) is 0.300. The van der Waals surface area contributed by atoms with E-state index in [2.05, 4.69) is 10.6 Å². The van der Waals surface area contributed by atoms with Crippen molar-refractivity contribution in [2.45, 2.75) is 32.1 Å².